The zero-order valence-electron chi connectivity index (χ0n) is 25.4. The Balaban J connectivity index is 1.17. The maximum absolute atomic E-state index is 15.6. The Morgan fingerprint density at radius 2 is 1.70 bits per heavy atom. The van der Waals surface area contributed by atoms with Crippen molar-refractivity contribution in [2.75, 3.05) is 11.1 Å². The first-order valence-corrected chi connectivity index (χ1v) is 15.7. The van der Waals surface area contributed by atoms with Crippen molar-refractivity contribution in [3.8, 4) is 34.0 Å². The molecule has 3 heterocycles. The SMILES string of the molecule is N#Cc1c(C2CC2)cc(C(=O)Nc2ccc(-c3cc(-c4cnn(C5CCCCC5)c4)cnc3N)c(F)c2)c(=O)n1-c1ccc(F)cc1. The first kappa shape index (κ1) is 30.0. The van der Waals surface area contributed by atoms with Crippen molar-refractivity contribution < 1.29 is 13.6 Å². The number of amides is 1. The lowest BCUT2D eigenvalue weighted by Crippen LogP contribution is -2.31. The average molecular weight is 632 g/mol. The first-order chi connectivity index (χ1) is 22.8. The van der Waals surface area contributed by atoms with Gasteiger partial charge in [0.1, 0.15) is 34.8 Å². The highest BCUT2D eigenvalue weighted by Gasteiger charge is 2.31. The Kier molecular flexibility index (Phi) is 7.85. The number of nitrogens with zero attached hydrogens (tertiary/aromatic N) is 5. The molecule has 0 aliphatic heterocycles. The van der Waals surface area contributed by atoms with Crippen molar-refractivity contribution in [2.45, 2.75) is 56.9 Å². The molecule has 5 aromatic rings. The second-order valence-electron chi connectivity index (χ2n) is 12.2. The van der Waals surface area contributed by atoms with Gasteiger partial charge in [0, 0.05) is 40.3 Å². The van der Waals surface area contributed by atoms with Crippen molar-refractivity contribution in [3.63, 3.8) is 0 Å². The summed E-state index contributed by atoms with van der Waals surface area (Å²) >= 11 is 0. The van der Waals surface area contributed by atoms with Gasteiger partial charge < -0.3 is 11.1 Å². The molecule has 0 atom stereocenters. The van der Waals surface area contributed by atoms with E-state index in [1.54, 1.807) is 18.5 Å². The molecule has 47 heavy (non-hydrogen) atoms. The highest BCUT2D eigenvalue weighted by Crippen LogP contribution is 2.42. The molecule has 3 aromatic heterocycles. The highest BCUT2D eigenvalue weighted by atomic mass is 19.1. The predicted octanol–water partition coefficient (Wildman–Crippen LogP) is 7.13. The summed E-state index contributed by atoms with van der Waals surface area (Å²) in [5.74, 6) is -1.74. The van der Waals surface area contributed by atoms with Gasteiger partial charge in [0.15, 0.2) is 0 Å². The molecule has 7 rings (SSSR count). The van der Waals surface area contributed by atoms with E-state index in [9.17, 15) is 19.2 Å². The molecule has 0 saturated heterocycles. The van der Waals surface area contributed by atoms with Crippen LogP contribution in [-0.4, -0.2) is 25.2 Å². The second-order valence-corrected chi connectivity index (χ2v) is 12.2. The Labute approximate surface area is 269 Å². The molecule has 11 heteroatoms. The Morgan fingerprint density at radius 3 is 2.40 bits per heavy atom. The van der Waals surface area contributed by atoms with Gasteiger partial charge in [-0.15, -0.1) is 0 Å². The van der Waals surface area contributed by atoms with Crippen LogP contribution in [0.1, 0.15) is 78.5 Å². The Bertz CT molecular complexity index is 2100. The lowest BCUT2D eigenvalue weighted by molar-refractivity contribution is 0.102. The molecule has 3 N–H and O–H groups in total. The van der Waals surface area contributed by atoms with Gasteiger partial charge in [-0.25, -0.2) is 13.8 Å². The number of carbonyl (C=O) groups is 1. The van der Waals surface area contributed by atoms with Crippen LogP contribution in [0.3, 0.4) is 0 Å². The van der Waals surface area contributed by atoms with Crippen LogP contribution in [0, 0.1) is 23.0 Å². The summed E-state index contributed by atoms with van der Waals surface area (Å²) < 4.78 is 32.4. The largest absolute Gasteiger partial charge is 0.383 e. The molecular weight excluding hydrogens is 600 g/mol. The monoisotopic (exact) mass is 631 g/mol. The molecule has 2 aliphatic carbocycles. The minimum Gasteiger partial charge on any atom is -0.383 e. The minimum atomic E-state index is -0.762. The molecule has 0 bridgehead atoms. The standard InChI is InChI=1S/C36H31F2N7O2/c37-24-8-11-27(12-9-24)45-33(17-39)29(21-6-7-21)16-31(36(45)47)35(46)43-25-10-13-28(32(38)15-25)30-14-22(18-41-34(30)40)23-19-42-44(20-23)26-4-2-1-3-5-26/h8-16,18-21,26H,1-7H2,(H2,40,41)(H,43,46). The fourth-order valence-corrected chi connectivity index (χ4v) is 6.35. The number of benzene rings is 2. The number of nitrogens with two attached hydrogens (primary N) is 1. The van der Waals surface area contributed by atoms with Gasteiger partial charge in [0.25, 0.3) is 11.5 Å². The number of nitrogens with one attached hydrogen (secondary N) is 1. The number of halogens is 2. The molecule has 236 valence electrons. The van der Waals surface area contributed by atoms with Crippen molar-refractivity contribution in [3.05, 3.63) is 112 Å². The maximum atomic E-state index is 15.6. The van der Waals surface area contributed by atoms with E-state index in [-0.39, 0.29) is 39.9 Å². The molecule has 2 fully saturated rings. The van der Waals surface area contributed by atoms with Crippen LogP contribution < -0.4 is 16.6 Å². The number of rotatable bonds is 7. The van der Waals surface area contributed by atoms with Crippen LogP contribution >= 0.6 is 0 Å². The molecule has 0 unspecified atom stereocenters. The van der Waals surface area contributed by atoms with E-state index in [0.29, 0.717) is 17.2 Å². The fraction of sp³-hybridized carbons (Fsp3) is 0.250. The Morgan fingerprint density at radius 1 is 0.936 bits per heavy atom. The third-order valence-electron chi connectivity index (χ3n) is 9.00. The molecule has 2 saturated carbocycles. The van der Waals surface area contributed by atoms with Gasteiger partial charge in [-0.2, -0.15) is 10.4 Å². The lowest BCUT2D eigenvalue weighted by Gasteiger charge is -2.21. The summed E-state index contributed by atoms with van der Waals surface area (Å²) in [5.41, 5.74) is 8.48. The summed E-state index contributed by atoms with van der Waals surface area (Å²) in [6, 6.07) is 15.0. The molecule has 1 amide bonds. The molecular formula is C36H31F2N7O2. The van der Waals surface area contributed by atoms with Gasteiger partial charge in [0.2, 0.25) is 0 Å². The smallest absolute Gasteiger partial charge is 0.269 e. The van der Waals surface area contributed by atoms with Gasteiger partial charge >= 0.3 is 0 Å². The predicted molar refractivity (Wildman–Crippen MR) is 174 cm³/mol. The number of nitriles is 1. The van der Waals surface area contributed by atoms with E-state index in [1.807, 2.05) is 10.9 Å². The zero-order valence-corrected chi connectivity index (χ0v) is 25.4. The molecule has 0 radical (unpaired) electrons. The molecule has 2 aromatic carbocycles. The zero-order chi connectivity index (χ0) is 32.7. The summed E-state index contributed by atoms with van der Waals surface area (Å²) in [4.78, 5) is 31.4. The summed E-state index contributed by atoms with van der Waals surface area (Å²) in [7, 11) is 0. The number of nitrogen functional groups attached to an aromatic ring is 1. The van der Waals surface area contributed by atoms with Crippen LogP contribution in [0.5, 0.6) is 0 Å². The maximum Gasteiger partial charge on any atom is 0.269 e. The van der Waals surface area contributed by atoms with E-state index in [2.05, 4.69) is 21.5 Å². The topological polar surface area (TPSA) is 132 Å². The third kappa shape index (κ3) is 5.90. The Hall–Kier alpha value is -5.63. The number of hydrogen-bond acceptors (Lipinski definition) is 6. The fourth-order valence-electron chi connectivity index (χ4n) is 6.35. The van der Waals surface area contributed by atoms with Gasteiger partial charge in [-0.3, -0.25) is 18.8 Å². The number of pyridine rings is 2. The number of aromatic nitrogens is 4. The van der Waals surface area contributed by atoms with Crippen LogP contribution in [0.25, 0.3) is 27.9 Å². The quantitative estimate of drug-likeness (QED) is 0.196. The van der Waals surface area contributed by atoms with E-state index < -0.39 is 23.1 Å². The molecule has 9 nitrogen and oxygen atoms in total. The van der Waals surface area contributed by atoms with Gasteiger partial charge in [-0.05, 0) is 91.8 Å². The van der Waals surface area contributed by atoms with Crippen molar-refractivity contribution in [1.29, 1.82) is 5.26 Å². The van der Waals surface area contributed by atoms with Crippen LogP contribution in [0.2, 0.25) is 0 Å². The van der Waals surface area contributed by atoms with E-state index >= 15 is 4.39 Å². The third-order valence-corrected chi connectivity index (χ3v) is 9.00. The van der Waals surface area contributed by atoms with Crippen LogP contribution in [0.4, 0.5) is 20.3 Å². The summed E-state index contributed by atoms with van der Waals surface area (Å²) in [6.45, 7) is 0. The van der Waals surface area contributed by atoms with Crippen molar-refractivity contribution >= 4 is 17.4 Å². The van der Waals surface area contributed by atoms with Gasteiger partial charge in [-0.1, -0.05) is 19.3 Å². The number of carbonyl (C=O) groups excluding carboxylic acids is 1. The van der Waals surface area contributed by atoms with Crippen molar-refractivity contribution in [1.82, 2.24) is 19.3 Å². The molecule has 2 aliphatic rings. The van der Waals surface area contributed by atoms with E-state index in [4.69, 9.17) is 5.73 Å². The van der Waals surface area contributed by atoms with Crippen LogP contribution in [-0.2, 0) is 0 Å². The lowest BCUT2D eigenvalue weighted by atomic mass is 9.96. The molecule has 0 spiro atoms. The first-order valence-electron chi connectivity index (χ1n) is 15.7. The average Bonchev–Trinajstić information content (AvgIpc) is 3.81. The minimum absolute atomic E-state index is 0.0247. The van der Waals surface area contributed by atoms with Crippen LogP contribution in [0.15, 0.2) is 78.0 Å². The summed E-state index contributed by atoms with van der Waals surface area (Å²) in [5, 5.41) is 17.1. The second kappa shape index (κ2) is 12.3. The van der Waals surface area contributed by atoms with Crippen molar-refractivity contribution in [2.24, 2.45) is 0 Å². The normalized spacial score (nSPS) is 14.9. The number of anilines is 2. The van der Waals surface area contributed by atoms with E-state index in [0.717, 1.165) is 47.4 Å². The summed E-state index contributed by atoms with van der Waals surface area (Å²) in [6.07, 6.45) is 12.8. The van der Waals surface area contributed by atoms with E-state index in [1.165, 1.54) is 61.7 Å². The highest BCUT2D eigenvalue weighted by molar-refractivity contribution is 6.04. The number of hydrogen-bond donors (Lipinski definition) is 2. The van der Waals surface area contributed by atoms with Gasteiger partial charge in [0.05, 0.1) is 17.9 Å².